The Morgan fingerprint density at radius 2 is 1.67 bits per heavy atom. The molecule has 1 rings (SSSR count). The zero-order valence-electron chi connectivity index (χ0n) is 7.46. The van der Waals surface area contributed by atoms with Gasteiger partial charge in [-0.1, -0.05) is 12.2 Å². The lowest BCUT2D eigenvalue weighted by Crippen LogP contribution is -1.77. The third kappa shape index (κ3) is 0.852. The van der Waals surface area contributed by atoms with Crippen LogP contribution in [0.4, 0.5) is 0 Å². The molecule has 0 radical (unpaired) electrons. The van der Waals surface area contributed by atoms with Gasteiger partial charge in [0.2, 0.25) is 0 Å². The summed E-state index contributed by atoms with van der Waals surface area (Å²) in [5.41, 5.74) is 0. The van der Waals surface area contributed by atoms with E-state index >= 15 is 0 Å². The molecule has 1 aliphatic carbocycles. The Morgan fingerprint density at radius 1 is 1.17 bits per heavy atom. The summed E-state index contributed by atoms with van der Waals surface area (Å²) in [6, 6.07) is 0. The van der Waals surface area contributed by atoms with Crippen molar-refractivity contribution in [3.8, 4) is 0 Å². The molecule has 0 nitrogen and oxygen atoms in total. The van der Waals surface area contributed by atoms with Gasteiger partial charge in [0.15, 0.2) is 0 Å². The number of hydrogen-bond donors (Lipinski definition) is 0. The van der Waals surface area contributed by atoms with Crippen molar-refractivity contribution < 1.29 is 5.48 Å². The molecule has 0 bridgehead atoms. The molecule has 0 aliphatic heterocycles. The number of rotatable bonds is 0. The van der Waals surface area contributed by atoms with Crippen molar-refractivity contribution in [2.45, 2.75) is 25.6 Å². The average molecular weight is 86.2 g/mol. The highest BCUT2D eigenvalue weighted by Crippen LogP contribution is 2.07. The molecule has 6 heavy (non-hydrogen) atoms. The van der Waals surface area contributed by atoms with Crippen LogP contribution in [0.1, 0.15) is 31.1 Å². The Balaban J connectivity index is 2.69. The third-order valence-electron chi connectivity index (χ3n) is 0.667. The molecule has 0 heteroatoms. The van der Waals surface area contributed by atoms with Gasteiger partial charge in [0, 0.05) is 5.48 Å². The van der Waals surface area contributed by atoms with Crippen LogP contribution in [0.15, 0.2) is 12.2 Å². The standard InChI is InChI=1S/C6H10/c1-2-4-6-5-3-1/h1-2H,3-6H2/i3D,4D,5D,6D/t3-,4-,5-,6-/m0/s1. The summed E-state index contributed by atoms with van der Waals surface area (Å²) in [6.45, 7) is 0. The molecule has 0 aromatic heterocycles. The summed E-state index contributed by atoms with van der Waals surface area (Å²) in [4.78, 5) is 0. The number of allylic oxidation sites excluding steroid dienone is 2. The fourth-order valence-corrected chi connectivity index (χ4v) is 0.385. The molecule has 0 aromatic rings. The monoisotopic (exact) mass is 86.1 g/mol. The van der Waals surface area contributed by atoms with Crippen molar-refractivity contribution in [1.82, 2.24) is 0 Å². The van der Waals surface area contributed by atoms with Gasteiger partial charge in [0.1, 0.15) is 0 Å². The highest BCUT2D eigenvalue weighted by molar-refractivity contribution is 4.85. The Bertz CT molecular complexity index is 129. The topological polar surface area (TPSA) is 0 Å². The van der Waals surface area contributed by atoms with E-state index in [9.17, 15) is 0 Å². The summed E-state index contributed by atoms with van der Waals surface area (Å²) in [6.07, 6.45) is 0.356. The van der Waals surface area contributed by atoms with Crippen LogP contribution in [0.5, 0.6) is 0 Å². The molecular formula is C6H10. The van der Waals surface area contributed by atoms with Gasteiger partial charge in [-0.05, 0) is 25.6 Å². The van der Waals surface area contributed by atoms with E-state index in [0.717, 1.165) is 0 Å². The molecule has 0 unspecified atom stereocenters. The van der Waals surface area contributed by atoms with Crippen molar-refractivity contribution in [2.75, 3.05) is 0 Å². The molecule has 0 amide bonds. The Morgan fingerprint density at radius 3 is 2.17 bits per heavy atom. The molecule has 0 heterocycles. The fourth-order valence-electron chi connectivity index (χ4n) is 0.385. The smallest absolute Gasteiger partial charge is 0.0310 e. The van der Waals surface area contributed by atoms with Gasteiger partial charge < -0.3 is 0 Å². The first-order valence-corrected chi connectivity index (χ1v) is 2.00. The molecule has 1 aliphatic rings. The number of hydrogen-bond acceptors (Lipinski definition) is 0. The lowest BCUT2D eigenvalue weighted by Gasteiger charge is -1.97. The third-order valence-corrected chi connectivity index (χ3v) is 0.667. The molecule has 0 fully saturated rings. The summed E-state index contributed by atoms with van der Waals surface area (Å²) in [7, 11) is 0. The van der Waals surface area contributed by atoms with Crippen LogP contribution in [-0.2, 0) is 0 Å². The van der Waals surface area contributed by atoms with E-state index < -0.39 is 25.6 Å². The Hall–Kier alpha value is -0.260. The van der Waals surface area contributed by atoms with Crippen LogP contribution in [0.3, 0.4) is 0 Å². The average Bonchev–Trinajstić information content (AvgIpc) is 1.93. The van der Waals surface area contributed by atoms with Crippen molar-refractivity contribution >= 4 is 0 Å². The predicted octanol–water partition coefficient (Wildman–Crippen LogP) is 2.12. The van der Waals surface area contributed by atoms with Crippen LogP contribution in [-0.4, -0.2) is 0 Å². The molecule has 0 saturated heterocycles. The Kier molecular flexibility index (Phi) is 0.456. The molecule has 0 saturated carbocycles. The maximum atomic E-state index is 7.27. The van der Waals surface area contributed by atoms with E-state index in [1.165, 1.54) is 12.2 Å². The van der Waals surface area contributed by atoms with E-state index in [0.29, 0.717) is 0 Å². The normalized spacial score (nSPS) is 80.0. The van der Waals surface area contributed by atoms with Gasteiger partial charge in [-0.15, -0.1) is 0 Å². The molecule has 4 atom stereocenters. The zero-order chi connectivity index (χ0) is 7.72. The maximum Gasteiger partial charge on any atom is 0.0310 e. The fraction of sp³-hybridized carbons (Fsp3) is 0.667. The van der Waals surface area contributed by atoms with Crippen molar-refractivity contribution in [3.05, 3.63) is 12.2 Å². The van der Waals surface area contributed by atoms with Crippen molar-refractivity contribution in [1.29, 1.82) is 0 Å². The lowest BCUT2D eigenvalue weighted by molar-refractivity contribution is 0.730. The van der Waals surface area contributed by atoms with Crippen LogP contribution in [0, 0.1) is 0 Å². The highest BCUT2D eigenvalue weighted by Gasteiger charge is 1.87. The quantitative estimate of drug-likeness (QED) is 0.396. The van der Waals surface area contributed by atoms with Crippen LogP contribution >= 0.6 is 0 Å². The van der Waals surface area contributed by atoms with Crippen molar-refractivity contribution in [3.63, 3.8) is 0 Å². The van der Waals surface area contributed by atoms with Gasteiger partial charge in [-0.2, -0.15) is 0 Å². The van der Waals surface area contributed by atoms with E-state index in [1.54, 1.807) is 0 Å². The van der Waals surface area contributed by atoms with Gasteiger partial charge in [-0.3, -0.25) is 0 Å². The predicted molar refractivity (Wildman–Crippen MR) is 27.6 cm³/mol. The van der Waals surface area contributed by atoms with Crippen LogP contribution in [0.2, 0.25) is 0 Å². The first-order chi connectivity index (χ1) is 4.63. The minimum atomic E-state index is -0.743. The molecule has 0 N–H and O–H groups in total. The van der Waals surface area contributed by atoms with E-state index in [-0.39, 0.29) is 0 Å². The summed E-state index contributed by atoms with van der Waals surface area (Å²) >= 11 is 0. The molecule has 0 spiro atoms. The van der Waals surface area contributed by atoms with E-state index in [4.69, 9.17) is 5.48 Å². The largest absolute Gasteiger partial charge is 0.0885 e. The minimum absolute atomic E-state index is 0.607. The van der Waals surface area contributed by atoms with Crippen LogP contribution in [0.25, 0.3) is 0 Å². The maximum absolute atomic E-state index is 7.27. The van der Waals surface area contributed by atoms with Crippen molar-refractivity contribution in [2.24, 2.45) is 0 Å². The first kappa shape index (κ1) is 1.36. The summed E-state index contributed by atoms with van der Waals surface area (Å²) < 4.78 is 29.0. The molecule has 34 valence electrons. The van der Waals surface area contributed by atoms with Gasteiger partial charge in [-0.25, -0.2) is 0 Å². The molecule has 0 aromatic carbocycles. The Labute approximate surface area is 44.5 Å². The zero-order valence-corrected chi connectivity index (χ0v) is 3.46. The lowest BCUT2D eigenvalue weighted by atomic mass is 10.1. The van der Waals surface area contributed by atoms with Gasteiger partial charge >= 0.3 is 0 Å². The summed E-state index contributed by atoms with van der Waals surface area (Å²) in [5.74, 6) is 0. The van der Waals surface area contributed by atoms with Gasteiger partial charge in [0.05, 0.1) is 0 Å². The first-order valence-electron chi connectivity index (χ1n) is 4.31. The second kappa shape index (κ2) is 2.01. The van der Waals surface area contributed by atoms with Crippen LogP contribution < -0.4 is 0 Å². The minimum Gasteiger partial charge on any atom is -0.0885 e. The van der Waals surface area contributed by atoms with E-state index in [2.05, 4.69) is 0 Å². The van der Waals surface area contributed by atoms with E-state index in [1.807, 2.05) is 0 Å². The molecular weight excluding hydrogens is 72.1 g/mol. The van der Waals surface area contributed by atoms with Gasteiger partial charge in [0.25, 0.3) is 0 Å². The highest BCUT2D eigenvalue weighted by atomic mass is 13.9. The summed E-state index contributed by atoms with van der Waals surface area (Å²) in [5, 5.41) is 0. The SMILES string of the molecule is [2H][C@@H]1[C@@H]([2H])[C@@H]([2H])C=C[C@@H]1[2H]. The second-order valence-electron chi connectivity index (χ2n) is 1.15. The second-order valence-corrected chi connectivity index (χ2v) is 1.15.